The highest BCUT2D eigenvalue weighted by molar-refractivity contribution is 7.12. The van der Waals surface area contributed by atoms with Crippen molar-refractivity contribution in [2.24, 2.45) is 0 Å². The van der Waals surface area contributed by atoms with Gasteiger partial charge in [-0.1, -0.05) is 6.08 Å². The Hall–Kier alpha value is -1.07. The third-order valence-electron chi connectivity index (χ3n) is 1.25. The summed E-state index contributed by atoms with van der Waals surface area (Å²) in [5.41, 5.74) is 0. The molecule has 0 unspecified atom stereocenters. The van der Waals surface area contributed by atoms with Gasteiger partial charge in [0.15, 0.2) is 0 Å². The summed E-state index contributed by atoms with van der Waals surface area (Å²) in [6, 6.07) is 6.21. The van der Waals surface area contributed by atoms with Crippen LogP contribution in [0.2, 0.25) is 0 Å². The Morgan fingerprint density at radius 1 is 1.64 bits per heavy atom. The molecule has 0 aliphatic rings. The topological polar surface area (TPSA) is 23.8 Å². The predicted molar refractivity (Wildman–Crippen MR) is 48.3 cm³/mol. The highest BCUT2D eigenvalue weighted by Gasteiger charge is 1.89. The Kier molecular flexibility index (Phi) is 2.88. The van der Waals surface area contributed by atoms with Crippen LogP contribution in [0.5, 0.6) is 0 Å². The molecule has 0 amide bonds. The van der Waals surface area contributed by atoms with Crippen LogP contribution in [0.1, 0.15) is 16.2 Å². The molecule has 1 nitrogen and oxygen atoms in total. The van der Waals surface area contributed by atoms with Crippen LogP contribution in [-0.4, -0.2) is 0 Å². The zero-order chi connectivity index (χ0) is 8.10. The van der Waals surface area contributed by atoms with E-state index in [2.05, 4.69) is 25.1 Å². The van der Waals surface area contributed by atoms with Crippen molar-refractivity contribution in [1.82, 2.24) is 0 Å². The van der Waals surface area contributed by atoms with Crippen molar-refractivity contribution in [2.75, 3.05) is 0 Å². The molecular formula is C9H9NS. The van der Waals surface area contributed by atoms with Gasteiger partial charge in [0.2, 0.25) is 0 Å². The van der Waals surface area contributed by atoms with Crippen molar-refractivity contribution >= 4 is 17.4 Å². The lowest BCUT2D eigenvalue weighted by atomic mass is 10.3. The zero-order valence-electron chi connectivity index (χ0n) is 6.37. The molecule has 0 aliphatic heterocycles. The maximum Gasteiger partial charge on any atom is 0.0663 e. The van der Waals surface area contributed by atoms with Crippen LogP contribution in [0, 0.1) is 18.3 Å². The number of rotatable bonds is 2. The molecule has 1 rings (SSSR count). The van der Waals surface area contributed by atoms with Crippen molar-refractivity contribution < 1.29 is 0 Å². The third-order valence-corrected chi connectivity index (χ3v) is 2.22. The fraction of sp³-hybridized carbons (Fsp3) is 0.222. The summed E-state index contributed by atoms with van der Waals surface area (Å²) in [7, 11) is 0. The second-order valence-corrected chi connectivity index (χ2v) is 3.53. The number of nitriles is 1. The lowest BCUT2D eigenvalue weighted by Gasteiger charge is -1.79. The van der Waals surface area contributed by atoms with Gasteiger partial charge in [0.05, 0.1) is 12.5 Å². The van der Waals surface area contributed by atoms with Crippen molar-refractivity contribution in [3.63, 3.8) is 0 Å². The Morgan fingerprint density at radius 2 is 2.45 bits per heavy atom. The van der Waals surface area contributed by atoms with Gasteiger partial charge in [-0.25, -0.2) is 0 Å². The fourth-order valence-corrected chi connectivity index (χ4v) is 1.58. The molecule has 1 aromatic heterocycles. The first-order valence-corrected chi connectivity index (χ1v) is 4.24. The summed E-state index contributed by atoms with van der Waals surface area (Å²) >= 11 is 1.74. The van der Waals surface area contributed by atoms with Gasteiger partial charge in [0, 0.05) is 9.75 Å². The standard InChI is InChI=1S/C9H9NS/c1-8-5-6-9(11-8)4-2-3-7-10/h2,4-6H,3H2,1H3. The fourth-order valence-electron chi connectivity index (χ4n) is 0.771. The van der Waals surface area contributed by atoms with Gasteiger partial charge in [0.1, 0.15) is 0 Å². The summed E-state index contributed by atoms with van der Waals surface area (Å²) in [6.07, 6.45) is 4.36. The van der Waals surface area contributed by atoms with E-state index in [1.807, 2.05) is 12.2 Å². The molecule has 0 N–H and O–H groups in total. The van der Waals surface area contributed by atoms with E-state index in [1.165, 1.54) is 9.75 Å². The lowest BCUT2D eigenvalue weighted by Crippen LogP contribution is -1.57. The van der Waals surface area contributed by atoms with Crippen molar-refractivity contribution in [3.05, 3.63) is 28.0 Å². The predicted octanol–water partition coefficient (Wildman–Crippen LogP) is 2.98. The number of thiophene rings is 1. The molecule has 2 heteroatoms. The minimum Gasteiger partial charge on any atom is -0.198 e. The van der Waals surface area contributed by atoms with Crippen LogP contribution in [0.4, 0.5) is 0 Å². The number of hydrogen-bond donors (Lipinski definition) is 0. The van der Waals surface area contributed by atoms with Crippen molar-refractivity contribution in [2.45, 2.75) is 13.3 Å². The molecule has 56 valence electrons. The minimum absolute atomic E-state index is 0.497. The second kappa shape index (κ2) is 3.95. The van der Waals surface area contributed by atoms with E-state index in [9.17, 15) is 0 Å². The molecular weight excluding hydrogens is 154 g/mol. The molecule has 1 aromatic rings. The summed E-state index contributed by atoms with van der Waals surface area (Å²) in [4.78, 5) is 2.53. The molecule has 0 saturated heterocycles. The van der Waals surface area contributed by atoms with Crippen LogP contribution >= 0.6 is 11.3 Å². The number of allylic oxidation sites excluding steroid dienone is 1. The summed E-state index contributed by atoms with van der Waals surface area (Å²) in [5, 5.41) is 8.25. The van der Waals surface area contributed by atoms with Crippen LogP contribution in [-0.2, 0) is 0 Å². The molecule has 1 heterocycles. The summed E-state index contributed by atoms with van der Waals surface area (Å²) in [5.74, 6) is 0. The molecule has 0 spiro atoms. The molecule has 0 aliphatic carbocycles. The number of hydrogen-bond acceptors (Lipinski definition) is 2. The van der Waals surface area contributed by atoms with E-state index in [-0.39, 0.29) is 0 Å². The van der Waals surface area contributed by atoms with Crippen molar-refractivity contribution in [3.8, 4) is 6.07 Å². The van der Waals surface area contributed by atoms with Gasteiger partial charge in [0.25, 0.3) is 0 Å². The number of nitrogens with zero attached hydrogens (tertiary/aromatic N) is 1. The normalized spacial score (nSPS) is 10.2. The molecule has 0 bridgehead atoms. The maximum absolute atomic E-state index is 8.25. The van der Waals surface area contributed by atoms with E-state index in [0.717, 1.165) is 0 Å². The molecule has 0 atom stereocenters. The molecule has 0 radical (unpaired) electrons. The Morgan fingerprint density at radius 3 is 3.00 bits per heavy atom. The Bertz CT molecular complexity index is 291. The van der Waals surface area contributed by atoms with Crippen LogP contribution in [0.25, 0.3) is 6.08 Å². The highest BCUT2D eigenvalue weighted by Crippen LogP contribution is 2.16. The van der Waals surface area contributed by atoms with Gasteiger partial charge in [-0.15, -0.1) is 11.3 Å². The van der Waals surface area contributed by atoms with Gasteiger partial charge in [-0.2, -0.15) is 5.26 Å². The van der Waals surface area contributed by atoms with Crippen LogP contribution in [0.15, 0.2) is 18.2 Å². The summed E-state index contributed by atoms with van der Waals surface area (Å²) < 4.78 is 0. The largest absolute Gasteiger partial charge is 0.198 e. The first kappa shape index (κ1) is 8.03. The Labute approximate surface area is 70.6 Å². The van der Waals surface area contributed by atoms with E-state index in [0.29, 0.717) is 6.42 Å². The summed E-state index contributed by atoms with van der Waals surface area (Å²) in [6.45, 7) is 2.08. The lowest BCUT2D eigenvalue weighted by molar-refractivity contribution is 1.36. The van der Waals surface area contributed by atoms with Crippen LogP contribution < -0.4 is 0 Å². The maximum atomic E-state index is 8.25. The van der Waals surface area contributed by atoms with E-state index >= 15 is 0 Å². The highest BCUT2D eigenvalue weighted by atomic mass is 32.1. The second-order valence-electron chi connectivity index (χ2n) is 2.21. The minimum atomic E-state index is 0.497. The Balaban J connectivity index is 2.58. The average molecular weight is 163 g/mol. The smallest absolute Gasteiger partial charge is 0.0663 e. The van der Waals surface area contributed by atoms with Gasteiger partial charge < -0.3 is 0 Å². The molecule has 0 saturated carbocycles. The van der Waals surface area contributed by atoms with E-state index in [1.54, 1.807) is 11.3 Å². The van der Waals surface area contributed by atoms with Crippen LogP contribution in [0.3, 0.4) is 0 Å². The van der Waals surface area contributed by atoms with E-state index in [4.69, 9.17) is 5.26 Å². The SMILES string of the molecule is Cc1ccc(C=CCC#N)s1. The molecule has 0 aromatic carbocycles. The van der Waals surface area contributed by atoms with Gasteiger partial charge in [-0.05, 0) is 25.1 Å². The van der Waals surface area contributed by atoms with Gasteiger partial charge in [-0.3, -0.25) is 0 Å². The zero-order valence-corrected chi connectivity index (χ0v) is 7.19. The quantitative estimate of drug-likeness (QED) is 0.657. The first-order valence-electron chi connectivity index (χ1n) is 3.43. The monoisotopic (exact) mass is 163 g/mol. The van der Waals surface area contributed by atoms with E-state index < -0.39 is 0 Å². The van der Waals surface area contributed by atoms with Gasteiger partial charge >= 0.3 is 0 Å². The average Bonchev–Trinajstić information content (AvgIpc) is 2.37. The molecule has 0 fully saturated rings. The number of aryl methyl sites for hydroxylation is 1. The third kappa shape index (κ3) is 2.57. The first-order chi connectivity index (χ1) is 5.33. The molecule has 11 heavy (non-hydrogen) atoms. The van der Waals surface area contributed by atoms with Crippen molar-refractivity contribution in [1.29, 1.82) is 5.26 Å².